The van der Waals surface area contributed by atoms with Crippen molar-refractivity contribution in [3.8, 4) is 5.75 Å². The van der Waals surface area contributed by atoms with Crippen LogP contribution >= 0.6 is 0 Å². The molecule has 0 radical (unpaired) electrons. The molecule has 5 rings (SSSR count). The Bertz CT molecular complexity index is 1080. The highest BCUT2D eigenvalue weighted by atomic mass is 16.6. The van der Waals surface area contributed by atoms with Crippen LogP contribution in [0.25, 0.3) is 6.08 Å². The van der Waals surface area contributed by atoms with Crippen LogP contribution in [0, 0.1) is 5.92 Å². The molecule has 2 aromatic carbocycles. The number of benzene rings is 2. The number of nitrogens with zero attached hydrogens (tertiary/aromatic N) is 4. The Morgan fingerprint density at radius 3 is 2.67 bits per heavy atom. The monoisotopic (exact) mass is 490 g/mol. The van der Waals surface area contributed by atoms with Crippen LogP contribution in [-0.4, -0.2) is 97.7 Å². The van der Waals surface area contributed by atoms with Gasteiger partial charge < -0.3 is 14.7 Å². The van der Waals surface area contributed by atoms with Crippen LogP contribution in [0.4, 0.5) is 0 Å². The zero-order valence-electron chi connectivity index (χ0n) is 21.5. The molecule has 7 nitrogen and oxygen atoms in total. The maximum Gasteiger partial charge on any atom is 0.151 e. The third kappa shape index (κ3) is 5.98. The van der Waals surface area contributed by atoms with Crippen LogP contribution in [0.15, 0.2) is 59.3 Å². The summed E-state index contributed by atoms with van der Waals surface area (Å²) < 4.78 is 6.19. The Morgan fingerprint density at radius 2 is 1.89 bits per heavy atom. The number of fused-ring (bicyclic) bond motifs is 3. The van der Waals surface area contributed by atoms with Crippen molar-refractivity contribution in [3.63, 3.8) is 0 Å². The lowest BCUT2D eigenvalue weighted by atomic mass is 9.89. The maximum absolute atomic E-state index is 9.15. The molecule has 3 heterocycles. The lowest BCUT2D eigenvalue weighted by Crippen LogP contribution is -2.50. The molecule has 0 aliphatic carbocycles. The van der Waals surface area contributed by atoms with Crippen molar-refractivity contribution in [3.05, 3.63) is 70.8 Å². The van der Waals surface area contributed by atoms with Gasteiger partial charge in [-0.05, 0) is 37.2 Å². The van der Waals surface area contributed by atoms with Gasteiger partial charge in [0.2, 0.25) is 0 Å². The first-order chi connectivity index (χ1) is 17.6. The zero-order valence-corrected chi connectivity index (χ0v) is 21.5. The van der Waals surface area contributed by atoms with Crippen molar-refractivity contribution in [2.45, 2.75) is 19.6 Å². The Balaban J connectivity index is 1.11. The van der Waals surface area contributed by atoms with Gasteiger partial charge in [-0.25, -0.2) is 0 Å². The van der Waals surface area contributed by atoms with E-state index in [1.165, 1.54) is 16.7 Å². The van der Waals surface area contributed by atoms with Crippen LogP contribution in [0.2, 0.25) is 0 Å². The topological polar surface area (TPSA) is 60.8 Å². The van der Waals surface area contributed by atoms with Gasteiger partial charge in [0.1, 0.15) is 18.1 Å². The second-order valence-corrected chi connectivity index (χ2v) is 10.3. The quantitative estimate of drug-likeness (QED) is 0.583. The van der Waals surface area contributed by atoms with E-state index in [1.807, 2.05) is 7.05 Å². The summed E-state index contributed by atoms with van der Waals surface area (Å²) in [5.74, 6) is 1.06. The molecule has 0 spiro atoms. The first-order valence-electron chi connectivity index (χ1n) is 13.0. The number of ether oxygens (including phenoxy) is 1. The van der Waals surface area contributed by atoms with Crippen LogP contribution < -0.4 is 4.74 Å². The van der Waals surface area contributed by atoms with Crippen molar-refractivity contribution >= 4 is 11.8 Å². The highest BCUT2D eigenvalue weighted by molar-refractivity contribution is 6.06. The average Bonchev–Trinajstić information content (AvgIpc) is 3.29. The van der Waals surface area contributed by atoms with Crippen LogP contribution in [0.1, 0.15) is 23.6 Å². The van der Waals surface area contributed by atoms with Gasteiger partial charge in [0, 0.05) is 57.9 Å². The predicted octanol–water partition coefficient (Wildman–Crippen LogP) is 2.94. The van der Waals surface area contributed by atoms with E-state index >= 15 is 0 Å². The van der Waals surface area contributed by atoms with E-state index in [9.17, 15) is 0 Å². The van der Waals surface area contributed by atoms with Gasteiger partial charge in [0.15, 0.2) is 6.10 Å². The Hall–Kier alpha value is -2.71. The standard InChI is InChI=1S/C29H38N4O3/c1-22(16-23-6-4-3-5-7-23)18-32-10-12-33(13-11-32)20-28-26-21-35-27-17-24(19-31(2)14-15-34)8-9-25(27)29(26)30-36-28/h3-9,16-17,26,28,34H,10-15,18-21H2,1-2H3/b22-16+. The molecule has 0 amide bonds. The largest absolute Gasteiger partial charge is 0.492 e. The van der Waals surface area contributed by atoms with Gasteiger partial charge >= 0.3 is 0 Å². The highest BCUT2D eigenvalue weighted by Crippen LogP contribution is 2.35. The molecule has 0 aromatic heterocycles. The molecular weight excluding hydrogens is 452 g/mol. The molecule has 1 saturated heterocycles. The summed E-state index contributed by atoms with van der Waals surface area (Å²) in [6.07, 6.45) is 2.32. The number of aliphatic hydroxyl groups is 1. The summed E-state index contributed by atoms with van der Waals surface area (Å²) in [6.45, 7) is 10.5. The van der Waals surface area contributed by atoms with E-state index in [-0.39, 0.29) is 18.6 Å². The number of likely N-dealkylation sites (N-methyl/N-ethyl adjacent to an activating group) is 1. The second kappa shape index (κ2) is 11.6. The highest BCUT2D eigenvalue weighted by Gasteiger charge is 2.40. The molecule has 0 saturated carbocycles. The molecule has 2 atom stereocenters. The van der Waals surface area contributed by atoms with Crippen molar-refractivity contribution in [2.75, 3.05) is 66.1 Å². The van der Waals surface area contributed by atoms with E-state index in [4.69, 9.17) is 14.7 Å². The molecule has 1 N–H and O–H groups in total. The fraction of sp³-hybridized carbons (Fsp3) is 0.483. The van der Waals surface area contributed by atoms with Crippen LogP contribution in [0.5, 0.6) is 5.75 Å². The Morgan fingerprint density at radius 1 is 1.11 bits per heavy atom. The van der Waals surface area contributed by atoms with Crippen molar-refractivity contribution in [1.82, 2.24) is 14.7 Å². The molecular formula is C29H38N4O3. The summed E-state index contributed by atoms with van der Waals surface area (Å²) in [4.78, 5) is 13.1. The number of aliphatic hydroxyl groups excluding tert-OH is 1. The smallest absolute Gasteiger partial charge is 0.151 e. The number of rotatable bonds is 9. The van der Waals surface area contributed by atoms with Gasteiger partial charge in [-0.2, -0.15) is 0 Å². The lowest BCUT2D eigenvalue weighted by Gasteiger charge is -2.36. The molecule has 36 heavy (non-hydrogen) atoms. The van der Waals surface area contributed by atoms with Crippen LogP contribution in [-0.2, 0) is 11.4 Å². The molecule has 3 aliphatic rings. The molecule has 0 bridgehead atoms. The molecule has 1 fully saturated rings. The fourth-order valence-electron chi connectivity index (χ4n) is 5.39. The number of piperazine rings is 1. The van der Waals surface area contributed by atoms with E-state index < -0.39 is 0 Å². The minimum absolute atomic E-state index is 0.0368. The molecule has 3 aliphatic heterocycles. The summed E-state index contributed by atoms with van der Waals surface area (Å²) in [6, 6.07) is 16.9. The van der Waals surface area contributed by atoms with Gasteiger partial charge in [-0.15, -0.1) is 0 Å². The summed E-state index contributed by atoms with van der Waals surface area (Å²) in [5, 5.41) is 13.7. The van der Waals surface area contributed by atoms with Gasteiger partial charge in [0.25, 0.3) is 0 Å². The maximum atomic E-state index is 9.15. The zero-order chi connectivity index (χ0) is 24.9. The second-order valence-electron chi connectivity index (χ2n) is 10.3. The van der Waals surface area contributed by atoms with E-state index in [0.29, 0.717) is 13.2 Å². The lowest BCUT2D eigenvalue weighted by molar-refractivity contribution is 0.0101. The van der Waals surface area contributed by atoms with Gasteiger partial charge in [-0.1, -0.05) is 53.2 Å². The molecule has 7 heteroatoms. The average molecular weight is 491 g/mol. The van der Waals surface area contributed by atoms with Crippen molar-refractivity contribution in [2.24, 2.45) is 11.1 Å². The summed E-state index contributed by atoms with van der Waals surface area (Å²) in [5.41, 5.74) is 5.91. The Kier molecular flexibility index (Phi) is 8.02. The summed E-state index contributed by atoms with van der Waals surface area (Å²) >= 11 is 0. The minimum atomic E-state index is 0.0368. The predicted molar refractivity (Wildman–Crippen MR) is 143 cm³/mol. The summed E-state index contributed by atoms with van der Waals surface area (Å²) in [7, 11) is 2.01. The molecule has 2 aromatic rings. The fourth-order valence-corrected chi connectivity index (χ4v) is 5.39. The van der Waals surface area contributed by atoms with Crippen LogP contribution in [0.3, 0.4) is 0 Å². The third-order valence-corrected chi connectivity index (χ3v) is 7.35. The van der Waals surface area contributed by atoms with Gasteiger partial charge in [-0.3, -0.25) is 14.7 Å². The van der Waals surface area contributed by atoms with E-state index in [1.54, 1.807) is 0 Å². The van der Waals surface area contributed by atoms with E-state index in [2.05, 4.69) is 81.4 Å². The van der Waals surface area contributed by atoms with Gasteiger partial charge in [0.05, 0.1) is 12.5 Å². The minimum Gasteiger partial charge on any atom is -0.492 e. The molecule has 192 valence electrons. The van der Waals surface area contributed by atoms with Crippen molar-refractivity contribution in [1.29, 1.82) is 0 Å². The number of hydrogen-bond donors (Lipinski definition) is 1. The third-order valence-electron chi connectivity index (χ3n) is 7.35. The SMILES string of the molecule is C/C(=C\c1ccccc1)CN1CCN(CC2ON=C3c4ccc(CN(C)CCO)cc4OCC32)CC1. The first-order valence-corrected chi connectivity index (χ1v) is 13.0. The number of oxime groups is 1. The van der Waals surface area contributed by atoms with E-state index in [0.717, 1.165) is 62.8 Å². The normalized spacial score (nSPS) is 22.6. The Labute approximate surface area is 214 Å². The van der Waals surface area contributed by atoms with Crippen molar-refractivity contribution < 1.29 is 14.7 Å². The molecule has 2 unspecified atom stereocenters. The first kappa shape index (κ1) is 25.0. The number of hydrogen-bond acceptors (Lipinski definition) is 7.